The molecule has 2 aliphatic rings. The number of nitrogens with one attached hydrogen (secondary N) is 1. The van der Waals surface area contributed by atoms with Crippen LogP contribution in [0.5, 0.6) is 0 Å². The predicted molar refractivity (Wildman–Crippen MR) is 85.7 cm³/mol. The fourth-order valence-corrected chi connectivity index (χ4v) is 3.44. The van der Waals surface area contributed by atoms with Crippen molar-refractivity contribution in [3.05, 3.63) is 53.6 Å². The van der Waals surface area contributed by atoms with Crippen LogP contribution >= 0.6 is 0 Å². The quantitative estimate of drug-likeness (QED) is 0.922. The number of benzene rings is 1. The van der Waals surface area contributed by atoms with Crippen molar-refractivity contribution in [2.75, 3.05) is 19.7 Å². The molecule has 2 heterocycles. The van der Waals surface area contributed by atoms with Crippen LogP contribution in [0.4, 0.5) is 0 Å². The number of fused-ring (bicyclic) bond motifs is 1. The van der Waals surface area contributed by atoms with Crippen LogP contribution in [0.15, 0.2) is 36.7 Å². The Bertz CT molecular complexity index is 606. The lowest BCUT2D eigenvalue weighted by Crippen LogP contribution is -2.39. The molecule has 1 aromatic heterocycles. The van der Waals surface area contributed by atoms with Crippen molar-refractivity contribution in [3.8, 4) is 0 Å². The standard InChI is InChI=1S/C18H23N3O/c1-2-5-14(6-3-1)18-17-16(19-13-20-17)9-10-21(18)11-12-22-15-7-4-8-15/h1-3,5-6,13,15,18H,4,7-12H2,(H,19,20). The molecule has 22 heavy (non-hydrogen) atoms. The van der Waals surface area contributed by atoms with Crippen molar-refractivity contribution < 1.29 is 4.74 Å². The molecule has 116 valence electrons. The van der Waals surface area contributed by atoms with Gasteiger partial charge in [-0.3, -0.25) is 4.90 Å². The van der Waals surface area contributed by atoms with E-state index in [-0.39, 0.29) is 6.04 Å². The van der Waals surface area contributed by atoms with Gasteiger partial charge in [0.15, 0.2) is 0 Å². The first-order chi connectivity index (χ1) is 10.9. The van der Waals surface area contributed by atoms with Crippen LogP contribution < -0.4 is 0 Å². The Kier molecular flexibility index (Phi) is 3.95. The van der Waals surface area contributed by atoms with Crippen molar-refractivity contribution in [1.29, 1.82) is 0 Å². The Morgan fingerprint density at radius 1 is 1.23 bits per heavy atom. The molecule has 0 saturated heterocycles. The molecule has 1 atom stereocenters. The third kappa shape index (κ3) is 2.69. The largest absolute Gasteiger partial charge is 0.377 e. The highest BCUT2D eigenvalue weighted by Crippen LogP contribution is 2.33. The Balaban J connectivity index is 1.51. The lowest BCUT2D eigenvalue weighted by molar-refractivity contribution is -0.0112. The van der Waals surface area contributed by atoms with Gasteiger partial charge in [-0.1, -0.05) is 30.3 Å². The van der Waals surface area contributed by atoms with Crippen LogP contribution in [0.2, 0.25) is 0 Å². The molecule has 0 spiro atoms. The molecule has 1 aliphatic heterocycles. The molecule has 1 aromatic carbocycles. The Morgan fingerprint density at radius 2 is 2.09 bits per heavy atom. The van der Waals surface area contributed by atoms with Crippen molar-refractivity contribution in [2.45, 2.75) is 37.8 Å². The van der Waals surface area contributed by atoms with Crippen molar-refractivity contribution >= 4 is 0 Å². The molecular weight excluding hydrogens is 274 g/mol. The first kappa shape index (κ1) is 14.0. The maximum atomic E-state index is 5.96. The summed E-state index contributed by atoms with van der Waals surface area (Å²) in [5.74, 6) is 0. The molecule has 0 amide bonds. The Hall–Kier alpha value is -1.65. The van der Waals surface area contributed by atoms with E-state index in [4.69, 9.17) is 4.74 Å². The lowest BCUT2D eigenvalue weighted by Gasteiger charge is -2.36. The molecule has 4 nitrogen and oxygen atoms in total. The monoisotopic (exact) mass is 297 g/mol. The molecule has 4 rings (SSSR count). The Labute approximate surface area is 131 Å². The molecule has 0 bridgehead atoms. The number of nitrogens with zero attached hydrogens (tertiary/aromatic N) is 2. The summed E-state index contributed by atoms with van der Waals surface area (Å²) < 4.78 is 5.96. The summed E-state index contributed by atoms with van der Waals surface area (Å²) in [6, 6.07) is 10.9. The number of aromatic amines is 1. The van der Waals surface area contributed by atoms with Crippen molar-refractivity contribution in [2.24, 2.45) is 0 Å². The highest BCUT2D eigenvalue weighted by molar-refractivity contribution is 5.32. The summed E-state index contributed by atoms with van der Waals surface area (Å²) in [4.78, 5) is 10.4. The fourth-order valence-electron chi connectivity index (χ4n) is 3.44. The topological polar surface area (TPSA) is 41.2 Å². The SMILES string of the molecule is c1ccc(C2c3nc[nH]c3CCN2CCOC2CCC2)cc1. The molecule has 2 aromatic rings. The third-order valence-electron chi connectivity index (χ3n) is 4.92. The van der Waals surface area contributed by atoms with Gasteiger partial charge in [0, 0.05) is 25.2 Å². The predicted octanol–water partition coefficient (Wildman–Crippen LogP) is 2.93. The van der Waals surface area contributed by atoms with E-state index in [1.807, 2.05) is 6.33 Å². The van der Waals surface area contributed by atoms with E-state index in [0.717, 1.165) is 26.1 Å². The van der Waals surface area contributed by atoms with Gasteiger partial charge in [-0.05, 0) is 24.8 Å². The zero-order valence-electron chi connectivity index (χ0n) is 12.9. The Morgan fingerprint density at radius 3 is 2.86 bits per heavy atom. The number of aromatic nitrogens is 2. The maximum absolute atomic E-state index is 5.96. The number of rotatable bonds is 5. The van der Waals surface area contributed by atoms with Crippen LogP contribution in [0.1, 0.15) is 42.3 Å². The summed E-state index contributed by atoms with van der Waals surface area (Å²) in [5.41, 5.74) is 3.78. The van der Waals surface area contributed by atoms with Gasteiger partial charge in [-0.25, -0.2) is 4.98 Å². The normalized spacial score (nSPS) is 22.3. The lowest BCUT2D eigenvalue weighted by atomic mass is 9.95. The zero-order valence-corrected chi connectivity index (χ0v) is 12.9. The van der Waals surface area contributed by atoms with Crippen LogP contribution in [0, 0.1) is 0 Å². The van der Waals surface area contributed by atoms with E-state index in [1.165, 1.54) is 36.2 Å². The number of H-pyrrole nitrogens is 1. The highest BCUT2D eigenvalue weighted by Gasteiger charge is 2.30. The van der Waals surface area contributed by atoms with E-state index < -0.39 is 0 Å². The molecule has 1 aliphatic carbocycles. The molecule has 1 unspecified atom stereocenters. The molecule has 0 radical (unpaired) electrons. The third-order valence-corrected chi connectivity index (χ3v) is 4.92. The first-order valence-electron chi connectivity index (χ1n) is 8.34. The van der Waals surface area contributed by atoms with E-state index in [0.29, 0.717) is 6.10 Å². The van der Waals surface area contributed by atoms with Crippen LogP contribution in [0.3, 0.4) is 0 Å². The smallest absolute Gasteiger partial charge is 0.0926 e. The van der Waals surface area contributed by atoms with Gasteiger partial charge in [0.25, 0.3) is 0 Å². The van der Waals surface area contributed by atoms with E-state index in [1.54, 1.807) is 0 Å². The average Bonchev–Trinajstić information content (AvgIpc) is 2.98. The van der Waals surface area contributed by atoms with E-state index in [9.17, 15) is 0 Å². The second-order valence-corrected chi connectivity index (χ2v) is 6.29. The summed E-state index contributed by atoms with van der Waals surface area (Å²) in [6.45, 7) is 2.86. The minimum atomic E-state index is 0.251. The highest BCUT2D eigenvalue weighted by atomic mass is 16.5. The van der Waals surface area contributed by atoms with Crippen molar-refractivity contribution in [1.82, 2.24) is 14.9 Å². The molecule has 1 N–H and O–H groups in total. The summed E-state index contributed by atoms with van der Waals surface area (Å²) in [6.07, 6.45) is 7.20. The van der Waals surface area contributed by atoms with E-state index in [2.05, 4.69) is 45.2 Å². The van der Waals surface area contributed by atoms with E-state index >= 15 is 0 Å². The van der Waals surface area contributed by atoms with Gasteiger partial charge in [0.2, 0.25) is 0 Å². The molecule has 1 fully saturated rings. The molecule has 4 heteroatoms. The van der Waals surface area contributed by atoms with Crippen LogP contribution in [-0.4, -0.2) is 40.7 Å². The number of hydrogen-bond acceptors (Lipinski definition) is 3. The molecule has 1 saturated carbocycles. The van der Waals surface area contributed by atoms with Gasteiger partial charge in [0.05, 0.1) is 30.8 Å². The summed E-state index contributed by atoms with van der Waals surface area (Å²) in [7, 11) is 0. The fraction of sp³-hybridized carbons (Fsp3) is 0.500. The van der Waals surface area contributed by atoms with Gasteiger partial charge in [-0.15, -0.1) is 0 Å². The van der Waals surface area contributed by atoms with Gasteiger partial charge in [-0.2, -0.15) is 0 Å². The van der Waals surface area contributed by atoms with Crippen LogP contribution in [-0.2, 0) is 11.2 Å². The van der Waals surface area contributed by atoms with Gasteiger partial charge < -0.3 is 9.72 Å². The second-order valence-electron chi connectivity index (χ2n) is 6.29. The van der Waals surface area contributed by atoms with Crippen LogP contribution in [0.25, 0.3) is 0 Å². The minimum Gasteiger partial charge on any atom is -0.377 e. The molecular formula is C18H23N3O. The van der Waals surface area contributed by atoms with Crippen molar-refractivity contribution in [3.63, 3.8) is 0 Å². The minimum absolute atomic E-state index is 0.251. The van der Waals surface area contributed by atoms with Gasteiger partial charge >= 0.3 is 0 Å². The summed E-state index contributed by atoms with van der Waals surface area (Å²) in [5, 5.41) is 0. The maximum Gasteiger partial charge on any atom is 0.0926 e. The average molecular weight is 297 g/mol. The number of hydrogen-bond donors (Lipinski definition) is 1. The summed E-state index contributed by atoms with van der Waals surface area (Å²) >= 11 is 0. The van der Waals surface area contributed by atoms with Gasteiger partial charge in [0.1, 0.15) is 0 Å². The number of imidazole rings is 1. The zero-order chi connectivity index (χ0) is 14.8. The number of ether oxygens (including phenoxy) is 1. The first-order valence-corrected chi connectivity index (χ1v) is 8.34. The second kappa shape index (κ2) is 6.23.